The van der Waals surface area contributed by atoms with Crippen LogP contribution in [0.15, 0.2) is 47.6 Å². The minimum atomic E-state index is -0.103. The van der Waals surface area contributed by atoms with Crippen molar-refractivity contribution in [1.82, 2.24) is 5.01 Å². The lowest BCUT2D eigenvalue weighted by atomic mass is 9.98. The number of nitrogens with zero attached hydrogens (tertiary/aromatic N) is 2. The van der Waals surface area contributed by atoms with Crippen LogP contribution in [0.2, 0.25) is 0 Å². The third-order valence-electron chi connectivity index (χ3n) is 4.33. The Balaban J connectivity index is 1.95. The van der Waals surface area contributed by atoms with Gasteiger partial charge in [0, 0.05) is 12.0 Å². The highest BCUT2D eigenvalue weighted by Gasteiger charge is 2.31. The van der Waals surface area contributed by atoms with Crippen molar-refractivity contribution in [3.63, 3.8) is 0 Å². The molecule has 0 amide bonds. The van der Waals surface area contributed by atoms with Crippen molar-refractivity contribution in [1.29, 1.82) is 0 Å². The quantitative estimate of drug-likeness (QED) is 0.815. The number of rotatable bonds is 5. The highest BCUT2D eigenvalue weighted by atomic mass is 32.1. The molecule has 0 saturated carbocycles. The molecular formula is C19H21N3O3S. The van der Waals surface area contributed by atoms with E-state index >= 15 is 0 Å². The zero-order valence-corrected chi connectivity index (χ0v) is 15.7. The first-order valence-corrected chi connectivity index (χ1v) is 8.50. The molecular weight excluding hydrogens is 350 g/mol. The summed E-state index contributed by atoms with van der Waals surface area (Å²) < 4.78 is 16.0. The van der Waals surface area contributed by atoms with Gasteiger partial charge in [0.15, 0.2) is 16.6 Å². The second-order valence-electron chi connectivity index (χ2n) is 5.80. The molecule has 0 spiro atoms. The van der Waals surface area contributed by atoms with E-state index < -0.39 is 0 Å². The van der Waals surface area contributed by atoms with E-state index in [1.807, 2.05) is 42.5 Å². The average Bonchev–Trinajstić information content (AvgIpc) is 3.13. The molecule has 0 saturated heterocycles. The van der Waals surface area contributed by atoms with Gasteiger partial charge in [-0.1, -0.05) is 18.2 Å². The summed E-state index contributed by atoms with van der Waals surface area (Å²) >= 11 is 5.21. The molecule has 2 N–H and O–H groups in total. The van der Waals surface area contributed by atoms with Gasteiger partial charge < -0.3 is 19.9 Å². The summed E-state index contributed by atoms with van der Waals surface area (Å²) in [6.45, 7) is 0. The SMILES string of the molecule is COc1cccc(C2=NN(C(N)=S)C(c3ccc(OC)c(OC)c3)C2)c1. The van der Waals surface area contributed by atoms with E-state index in [0.717, 1.165) is 22.6 Å². The Hall–Kier alpha value is -2.80. The first-order valence-electron chi connectivity index (χ1n) is 8.10. The number of hydrogen-bond acceptors (Lipinski definition) is 5. The van der Waals surface area contributed by atoms with Gasteiger partial charge in [0.2, 0.25) is 0 Å². The van der Waals surface area contributed by atoms with E-state index in [-0.39, 0.29) is 11.2 Å². The third kappa shape index (κ3) is 3.43. The van der Waals surface area contributed by atoms with Gasteiger partial charge in [-0.25, -0.2) is 5.01 Å². The molecule has 1 aliphatic rings. The van der Waals surface area contributed by atoms with Crippen LogP contribution in [0.5, 0.6) is 17.2 Å². The van der Waals surface area contributed by atoms with Gasteiger partial charge in [-0.15, -0.1) is 0 Å². The van der Waals surface area contributed by atoms with Crippen LogP contribution in [-0.4, -0.2) is 37.2 Å². The van der Waals surface area contributed by atoms with Crippen molar-refractivity contribution in [2.75, 3.05) is 21.3 Å². The molecule has 1 unspecified atom stereocenters. The summed E-state index contributed by atoms with van der Waals surface area (Å²) in [5.74, 6) is 2.11. The Morgan fingerprint density at radius 1 is 1.08 bits per heavy atom. The molecule has 0 aliphatic carbocycles. The number of thiocarbonyl (C=S) groups is 1. The lowest BCUT2D eigenvalue weighted by molar-refractivity contribution is 0.347. The molecule has 7 heteroatoms. The van der Waals surface area contributed by atoms with Crippen LogP contribution in [0.25, 0.3) is 0 Å². The fraction of sp³-hybridized carbons (Fsp3) is 0.263. The molecule has 2 aromatic carbocycles. The van der Waals surface area contributed by atoms with Gasteiger partial charge in [-0.3, -0.25) is 0 Å². The lowest BCUT2D eigenvalue weighted by Gasteiger charge is -2.22. The molecule has 0 bridgehead atoms. The molecule has 2 aromatic rings. The van der Waals surface area contributed by atoms with Crippen molar-refractivity contribution in [3.05, 3.63) is 53.6 Å². The second kappa shape index (κ2) is 7.61. The number of hydrogen-bond donors (Lipinski definition) is 1. The Labute approximate surface area is 158 Å². The van der Waals surface area contributed by atoms with Gasteiger partial charge in [0.1, 0.15) is 5.75 Å². The molecule has 1 aliphatic heterocycles. The molecule has 0 aromatic heterocycles. The molecule has 0 fully saturated rings. The van der Waals surface area contributed by atoms with Crippen molar-refractivity contribution >= 4 is 23.0 Å². The molecule has 26 heavy (non-hydrogen) atoms. The van der Waals surface area contributed by atoms with Gasteiger partial charge in [-0.05, 0) is 42.0 Å². The fourth-order valence-electron chi connectivity index (χ4n) is 3.01. The Morgan fingerprint density at radius 3 is 2.50 bits per heavy atom. The summed E-state index contributed by atoms with van der Waals surface area (Å²) in [6.07, 6.45) is 0.667. The van der Waals surface area contributed by atoms with Crippen molar-refractivity contribution < 1.29 is 14.2 Å². The van der Waals surface area contributed by atoms with Gasteiger partial charge in [0.05, 0.1) is 33.1 Å². The smallest absolute Gasteiger partial charge is 0.187 e. The maximum absolute atomic E-state index is 5.92. The molecule has 3 rings (SSSR count). The average molecular weight is 371 g/mol. The Morgan fingerprint density at radius 2 is 1.85 bits per heavy atom. The largest absolute Gasteiger partial charge is 0.497 e. The van der Waals surface area contributed by atoms with Crippen LogP contribution in [0.4, 0.5) is 0 Å². The lowest BCUT2D eigenvalue weighted by Crippen LogP contribution is -2.31. The maximum Gasteiger partial charge on any atom is 0.187 e. The zero-order valence-electron chi connectivity index (χ0n) is 14.9. The molecule has 1 heterocycles. The Kier molecular flexibility index (Phi) is 5.27. The number of benzene rings is 2. The zero-order chi connectivity index (χ0) is 18.7. The van der Waals surface area contributed by atoms with E-state index in [0.29, 0.717) is 17.9 Å². The van der Waals surface area contributed by atoms with E-state index in [2.05, 4.69) is 5.10 Å². The first-order chi connectivity index (χ1) is 12.6. The minimum Gasteiger partial charge on any atom is -0.497 e. The van der Waals surface area contributed by atoms with Crippen LogP contribution in [0.3, 0.4) is 0 Å². The van der Waals surface area contributed by atoms with E-state index in [9.17, 15) is 0 Å². The molecule has 0 radical (unpaired) electrons. The fourth-order valence-corrected chi connectivity index (χ4v) is 3.18. The second-order valence-corrected chi connectivity index (χ2v) is 6.21. The standard InChI is InChI=1S/C19H21N3O3S/c1-23-14-6-4-5-12(9-14)15-11-16(22(21-15)19(20)26)13-7-8-17(24-2)18(10-13)25-3/h4-10,16H,11H2,1-3H3,(H2,20,26). The van der Waals surface area contributed by atoms with Crippen LogP contribution >= 0.6 is 12.2 Å². The summed E-state index contributed by atoms with van der Waals surface area (Å²) in [4.78, 5) is 0. The van der Waals surface area contributed by atoms with Gasteiger partial charge >= 0.3 is 0 Å². The predicted molar refractivity (Wildman–Crippen MR) is 105 cm³/mol. The van der Waals surface area contributed by atoms with E-state index in [4.69, 9.17) is 32.2 Å². The monoisotopic (exact) mass is 371 g/mol. The normalized spacial score (nSPS) is 16.2. The van der Waals surface area contributed by atoms with E-state index in [1.54, 1.807) is 26.3 Å². The summed E-state index contributed by atoms with van der Waals surface area (Å²) in [5.41, 5.74) is 8.80. The van der Waals surface area contributed by atoms with Crippen LogP contribution in [-0.2, 0) is 0 Å². The maximum atomic E-state index is 5.92. The van der Waals surface area contributed by atoms with Crippen LogP contribution in [0, 0.1) is 0 Å². The van der Waals surface area contributed by atoms with E-state index in [1.165, 1.54) is 0 Å². The molecule has 1 atom stereocenters. The van der Waals surface area contributed by atoms with Crippen LogP contribution in [0.1, 0.15) is 23.6 Å². The van der Waals surface area contributed by atoms with Crippen molar-refractivity contribution in [2.45, 2.75) is 12.5 Å². The van der Waals surface area contributed by atoms with Crippen LogP contribution < -0.4 is 19.9 Å². The number of methoxy groups -OCH3 is 3. The summed E-state index contributed by atoms with van der Waals surface area (Å²) in [5, 5.41) is 6.54. The molecule has 136 valence electrons. The highest BCUT2D eigenvalue weighted by Crippen LogP contribution is 2.37. The first kappa shape index (κ1) is 18.0. The summed E-state index contributed by atoms with van der Waals surface area (Å²) in [7, 11) is 4.86. The Bertz CT molecular complexity index is 854. The van der Waals surface area contributed by atoms with Gasteiger partial charge in [0.25, 0.3) is 0 Å². The number of nitrogens with two attached hydrogens (primary N) is 1. The minimum absolute atomic E-state index is 0.103. The predicted octanol–water partition coefficient (Wildman–Crippen LogP) is 3.11. The summed E-state index contributed by atoms with van der Waals surface area (Å²) in [6, 6.07) is 13.5. The molecule has 6 nitrogen and oxygen atoms in total. The topological polar surface area (TPSA) is 69.3 Å². The number of ether oxygens (including phenoxy) is 3. The number of hydrazone groups is 1. The van der Waals surface area contributed by atoms with Crippen molar-refractivity contribution in [3.8, 4) is 17.2 Å². The third-order valence-corrected chi connectivity index (χ3v) is 4.52. The highest BCUT2D eigenvalue weighted by molar-refractivity contribution is 7.80. The van der Waals surface area contributed by atoms with Crippen molar-refractivity contribution in [2.24, 2.45) is 10.8 Å². The van der Waals surface area contributed by atoms with Gasteiger partial charge in [-0.2, -0.15) is 5.10 Å².